The number of aliphatic carboxylic acids is 1. The van der Waals surface area contributed by atoms with E-state index in [1.54, 1.807) is 6.92 Å². The predicted molar refractivity (Wildman–Crippen MR) is 81.6 cm³/mol. The van der Waals surface area contributed by atoms with Gasteiger partial charge in [0.25, 0.3) is 5.91 Å². The molecule has 0 aliphatic carbocycles. The van der Waals surface area contributed by atoms with Crippen LogP contribution in [-0.2, 0) is 4.79 Å². The van der Waals surface area contributed by atoms with Gasteiger partial charge in [0.05, 0.1) is 5.02 Å². The van der Waals surface area contributed by atoms with Gasteiger partial charge >= 0.3 is 5.97 Å². The number of fused-ring (bicyclic) bond motifs is 1. The second-order valence-electron chi connectivity index (χ2n) is 5.18. The van der Waals surface area contributed by atoms with Gasteiger partial charge < -0.3 is 15.4 Å². The highest BCUT2D eigenvalue weighted by Gasteiger charge is 2.27. The molecule has 0 spiro atoms. The number of aromatic nitrogens is 1. The number of amides is 1. The number of carboxylic acids is 1. The summed E-state index contributed by atoms with van der Waals surface area (Å²) >= 11 is 6.09. The van der Waals surface area contributed by atoms with E-state index in [1.807, 2.05) is 6.92 Å². The molecular weight excluding hydrogens is 311 g/mol. The van der Waals surface area contributed by atoms with E-state index < -0.39 is 23.7 Å². The molecule has 7 heteroatoms. The Morgan fingerprint density at radius 2 is 2.14 bits per heavy atom. The fourth-order valence-corrected chi connectivity index (χ4v) is 2.47. The molecule has 2 atom stereocenters. The summed E-state index contributed by atoms with van der Waals surface area (Å²) in [6, 6.07) is 2.91. The van der Waals surface area contributed by atoms with E-state index in [2.05, 4.69) is 10.3 Å². The maximum atomic E-state index is 13.2. The van der Waals surface area contributed by atoms with Crippen LogP contribution in [0.2, 0.25) is 5.02 Å². The molecule has 3 N–H and O–H groups in total. The summed E-state index contributed by atoms with van der Waals surface area (Å²) < 4.78 is 13.2. The highest BCUT2D eigenvalue weighted by molar-refractivity contribution is 6.38. The summed E-state index contributed by atoms with van der Waals surface area (Å²) in [4.78, 5) is 26.3. The van der Waals surface area contributed by atoms with Gasteiger partial charge in [-0.3, -0.25) is 4.79 Å². The van der Waals surface area contributed by atoms with Crippen LogP contribution in [0.25, 0.3) is 10.9 Å². The highest BCUT2D eigenvalue weighted by atomic mass is 35.5. The van der Waals surface area contributed by atoms with Crippen molar-refractivity contribution in [3.8, 4) is 0 Å². The van der Waals surface area contributed by atoms with Crippen molar-refractivity contribution in [1.29, 1.82) is 0 Å². The molecule has 0 radical (unpaired) electrons. The molecule has 1 amide bonds. The van der Waals surface area contributed by atoms with Crippen molar-refractivity contribution in [2.75, 3.05) is 0 Å². The predicted octanol–water partition coefficient (Wildman–Crippen LogP) is 3.19. The van der Waals surface area contributed by atoms with Crippen LogP contribution >= 0.6 is 11.6 Å². The number of rotatable bonds is 5. The van der Waals surface area contributed by atoms with Gasteiger partial charge in [0.15, 0.2) is 0 Å². The largest absolute Gasteiger partial charge is 0.480 e. The fourth-order valence-electron chi connectivity index (χ4n) is 2.18. The third-order valence-corrected chi connectivity index (χ3v) is 4.08. The first-order chi connectivity index (χ1) is 10.3. The summed E-state index contributed by atoms with van der Waals surface area (Å²) in [5.74, 6) is -2.44. The van der Waals surface area contributed by atoms with Crippen molar-refractivity contribution in [3.05, 3.63) is 34.7 Å². The first-order valence-electron chi connectivity index (χ1n) is 6.85. The van der Waals surface area contributed by atoms with Gasteiger partial charge in [0, 0.05) is 10.9 Å². The Morgan fingerprint density at radius 3 is 2.73 bits per heavy atom. The maximum Gasteiger partial charge on any atom is 0.326 e. The Hall–Kier alpha value is -2.08. The van der Waals surface area contributed by atoms with E-state index >= 15 is 0 Å². The third kappa shape index (κ3) is 3.06. The van der Waals surface area contributed by atoms with Gasteiger partial charge in [-0.05, 0) is 24.1 Å². The van der Waals surface area contributed by atoms with Crippen LogP contribution in [0.4, 0.5) is 4.39 Å². The Morgan fingerprint density at radius 1 is 1.45 bits per heavy atom. The van der Waals surface area contributed by atoms with Crippen LogP contribution in [0.1, 0.15) is 30.8 Å². The number of aromatic amines is 1. The van der Waals surface area contributed by atoms with Crippen molar-refractivity contribution < 1.29 is 19.1 Å². The van der Waals surface area contributed by atoms with Crippen LogP contribution in [0.5, 0.6) is 0 Å². The molecule has 0 saturated carbocycles. The van der Waals surface area contributed by atoms with Crippen LogP contribution in [0, 0.1) is 11.7 Å². The molecule has 22 heavy (non-hydrogen) atoms. The quantitative estimate of drug-likeness (QED) is 0.789. The van der Waals surface area contributed by atoms with Crippen LogP contribution in [0.3, 0.4) is 0 Å². The topological polar surface area (TPSA) is 82.2 Å². The standard InChI is InChI=1S/C15H16ClFN2O3/c1-3-7(2)12(15(21)22)19-14(20)13-11(16)9-6-8(17)4-5-10(9)18-13/h4-7,12,18H,3H2,1-2H3,(H,19,20)(H,21,22)/t7-,12-/m0/s1. The minimum absolute atomic E-state index is 0.0248. The van der Waals surface area contributed by atoms with Crippen LogP contribution in [0.15, 0.2) is 18.2 Å². The lowest BCUT2D eigenvalue weighted by molar-refractivity contribution is -0.140. The lowest BCUT2D eigenvalue weighted by Crippen LogP contribution is -2.45. The van der Waals surface area contributed by atoms with Gasteiger partial charge in [0.1, 0.15) is 17.6 Å². The summed E-state index contributed by atoms with van der Waals surface area (Å²) in [6.45, 7) is 3.58. The zero-order chi connectivity index (χ0) is 16.4. The molecule has 0 aliphatic heterocycles. The molecule has 118 valence electrons. The minimum atomic E-state index is -1.11. The molecule has 0 bridgehead atoms. The smallest absolute Gasteiger partial charge is 0.326 e. The molecule has 0 aliphatic rings. The Bertz CT molecular complexity index is 729. The van der Waals surface area contributed by atoms with Crippen molar-refractivity contribution in [2.24, 2.45) is 5.92 Å². The van der Waals surface area contributed by atoms with E-state index in [-0.39, 0.29) is 16.6 Å². The Labute approximate surface area is 131 Å². The van der Waals surface area contributed by atoms with Crippen LogP contribution < -0.4 is 5.32 Å². The monoisotopic (exact) mass is 326 g/mol. The number of benzene rings is 1. The van der Waals surface area contributed by atoms with E-state index in [0.29, 0.717) is 17.3 Å². The molecule has 1 aromatic carbocycles. The third-order valence-electron chi connectivity index (χ3n) is 3.69. The number of hydrogen-bond donors (Lipinski definition) is 3. The van der Waals surface area contributed by atoms with Crippen molar-refractivity contribution in [3.63, 3.8) is 0 Å². The van der Waals surface area contributed by atoms with Gasteiger partial charge in [-0.15, -0.1) is 0 Å². The number of hydrogen-bond acceptors (Lipinski definition) is 2. The molecule has 0 unspecified atom stereocenters. The lowest BCUT2D eigenvalue weighted by atomic mass is 9.99. The molecular formula is C15H16ClFN2O3. The number of carboxylic acid groups (broad SMARTS) is 1. The van der Waals surface area contributed by atoms with Crippen molar-refractivity contribution in [1.82, 2.24) is 10.3 Å². The maximum absolute atomic E-state index is 13.2. The van der Waals surface area contributed by atoms with E-state index in [4.69, 9.17) is 11.6 Å². The minimum Gasteiger partial charge on any atom is -0.480 e. The van der Waals surface area contributed by atoms with Gasteiger partial charge in [-0.25, -0.2) is 9.18 Å². The van der Waals surface area contributed by atoms with E-state index in [1.165, 1.54) is 18.2 Å². The van der Waals surface area contributed by atoms with Crippen LogP contribution in [-0.4, -0.2) is 28.0 Å². The second-order valence-corrected chi connectivity index (χ2v) is 5.56. The first-order valence-corrected chi connectivity index (χ1v) is 7.23. The summed E-state index contributed by atoms with van der Waals surface area (Å²) in [7, 11) is 0. The average molecular weight is 327 g/mol. The molecule has 1 heterocycles. The molecule has 2 rings (SSSR count). The number of carbonyl (C=O) groups excluding carboxylic acids is 1. The van der Waals surface area contributed by atoms with E-state index in [9.17, 15) is 19.1 Å². The van der Waals surface area contributed by atoms with Gasteiger partial charge in [-0.2, -0.15) is 0 Å². The molecule has 1 aromatic heterocycles. The average Bonchev–Trinajstić information content (AvgIpc) is 2.80. The zero-order valence-corrected chi connectivity index (χ0v) is 12.9. The first kappa shape index (κ1) is 16.3. The zero-order valence-electron chi connectivity index (χ0n) is 12.1. The molecule has 2 aromatic rings. The van der Waals surface area contributed by atoms with Crippen molar-refractivity contribution in [2.45, 2.75) is 26.3 Å². The number of nitrogens with one attached hydrogen (secondary N) is 2. The van der Waals surface area contributed by atoms with Gasteiger partial charge in [-0.1, -0.05) is 31.9 Å². The number of halogens is 2. The summed E-state index contributed by atoms with van der Waals surface area (Å²) in [5, 5.41) is 12.1. The summed E-state index contributed by atoms with van der Waals surface area (Å²) in [5.41, 5.74) is 0.531. The fraction of sp³-hybridized carbons (Fsp3) is 0.333. The Kier molecular flexibility index (Phi) is 4.71. The molecule has 0 saturated heterocycles. The second kappa shape index (κ2) is 6.36. The number of carbonyl (C=O) groups is 2. The van der Waals surface area contributed by atoms with E-state index in [0.717, 1.165) is 0 Å². The SMILES string of the molecule is CC[C@H](C)[C@H](NC(=O)c1[nH]c2ccc(F)cc2c1Cl)C(=O)O. The number of H-pyrrole nitrogens is 1. The van der Waals surface area contributed by atoms with Crippen molar-refractivity contribution >= 4 is 34.4 Å². The highest BCUT2D eigenvalue weighted by Crippen LogP contribution is 2.28. The summed E-state index contributed by atoms with van der Waals surface area (Å²) in [6.07, 6.45) is 0.600. The lowest BCUT2D eigenvalue weighted by Gasteiger charge is -2.19. The molecule has 0 fully saturated rings. The Balaban J connectivity index is 2.33. The normalized spacial score (nSPS) is 13.8. The molecule has 5 nitrogen and oxygen atoms in total. The van der Waals surface area contributed by atoms with Gasteiger partial charge in [0.2, 0.25) is 0 Å².